The molecule has 326 valence electrons. The van der Waals surface area contributed by atoms with Gasteiger partial charge in [0.25, 0.3) is 0 Å². The molecular weight excluding hydrogens is 741 g/mol. The van der Waals surface area contributed by atoms with Crippen LogP contribution in [0, 0.1) is 46.3 Å². The van der Waals surface area contributed by atoms with E-state index >= 15 is 0 Å². The maximum absolute atomic E-state index is 14.1. The molecule has 0 bridgehead atoms. The molecule has 0 unspecified atom stereocenters. The molecule has 0 heterocycles. The zero-order valence-electron chi connectivity index (χ0n) is 35.3. The van der Waals surface area contributed by atoms with Gasteiger partial charge in [-0.25, -0.2) is 0 Å². The number of hydrogen-bond donors (Lipinski definition) is 7. The van der Waals surface area contributed by atoms with Crippen LogP contribution in [0.3, 0.4) is 0 Å². The molecule has 0 radical (unpaired) electrons. The first-order chi connectivity index (χ1) is 27.6. The van der Waals surface area contributed by atoms with Gasteiger partial charge < -0.3 is 43.8 Å². The summed E-state index contributed by atoms with van der Waals surface area (Å²) in [5, 5.41) is 9.24. The van der Waals surface area contributed by atoms with Crippen LogP contribution in [-0.4, -0.2) is 104 Å². The number of ketones is 3. The van der Waals surface area contributed by atoms with Gasteiger partial charge in [0.2, 0.25) is 17.7 Å². The minimum absolute atomic E-state index is 0.00136. The van der Waals surface area contributed by atoms with Crippen molar-refractivity contribution in [2.75, 3.05) is 52.4 Å². The predicted molar refractivity (Wildman–Crippen MR) is 224 cm³/mol. The summed E-state index contributed by atoms with van der Waals surface area (Å²) in [6.45, 7) is 10.7. The average molecular weight is 813 g/mol. The molecule has 4 fully saturated rings. The van der Waals surface area contributed by atoms with Gasteiger partial charge in [0.05, 0.1) is 0 Å². The molecule has 8 atom stereocenters. The zero-order valence-corrected chi connectivity index (χ0v) is 35.3. The summed E-state index contributed by atoms with van der Waals surface area (Å²) in [5.41, 5.74) is 20.9. The first-order valence-corrected chi connectivity index (χ1v) is 21.8. The standard InChI is InChI=1S/C42H72N10O6/c1-27(30-9-10-31-38-32(26-34(55)42(30,31)3)41(2)15-14-29(53)24-28(41)25-33(38)54)8-11-35(56)48-18-4-16-47-17-5-19-49-36(57)12-13-37(58)52(22-6-20-50-39(43)44)23-7-21-51-40(45)46/h27-28,30-32,38,47H,4-26H2,1-3H3,(H,48,56)(H,49,57)(H4,43,44,50)(H4,45,46,51)/t27-,28+,30-,31+,32+,38+,41+,42-/m1/s1. The fourth-order valence-corrected chi connectivity index (χ4v) is 10.8. The lowest BCUT2D eigenvalue weighted by Gasteiger charge is -2.58. The summed E-state index contributed by atoms with van der Waals surface area (Å²) < 4.78 is 0. The van der Waals surface area contributed by atoms with Gasteiger partial charge in [-0.1, -0.05) is 20.8 Å². The largest absolute Gasteiger partial charge is 0.370 e. The summed E-state index contributed by atoms with van der Waals surface area (Å²) in [5.74, 6) is 0.924. The number of guanidine groups is 2. The highest BCUT2D eigenvalue weighted by Crippen LogP contribution is 2.66. The van der Waals surface area contributed by atoms with E-state index in [4.69, 9.17) is 22.9 Å². The maximum atomic E-state index is 14.1. The van der Waals surface area contributed by atoms with Crippen molar-refractivity contribution in [2.24, 2.45) is 79.3 Å². The fraction of sp³-hybridized carbons (Fsp3) is 0.810. The summed E-state index contributed by atoms with van der Waals surface area (Å²) in [7, 11) is 0. The zero-order chi connectivity index (χ0) is 42.5. The summed E-state index contributed by atoms with van der Waals surface area (Å²) in [4.78, 5) is 87.6. The molecule has 4 aliphatic rings. The van der Waals surface area contributed by atoms with Crippen molar-refractivity contribution in [3.05, 3.63) is 0 Å². The summed E-state index contributed by atoms with van der Waals surface area (Å²) >= 11 is 0. The molecule has 4 aliphatic carbocycles. The number of fused-ring (bicyclic) bond motifs is 5. The molecule has 0 aromatic rings. The van der Waals surface area contributed by atoms with Crippen LogP contribution in [0.5, 0.6) is 0 Å². The van der Waals surface area contributed by atoms with Gasteiger partial charge in [-0.15, -0.1) is 0 Å². The van der Waals surface area contributed by atoms with Crippen LogP contribution < -0.4 is 38.9 Å². The van der Waals surface area contributed by atoms with Crippen molar-refractivity contribution in [1.29, 1.82) is 0 Å². The van der Waals surface area contributed by atoms with Crippen molar-refractivity contribution in [3.8, 4) is 0 Å². The van der Waals surface area contributed by atoms with Crippen molar-refractivity contribution < 1.29 is 28.8 Å². The lowest BCUT2D eigenvalue weighted by molar-refractivity contribution is -0.166. The molecule has 58 heavy (non-hydrogen) atoms. The Labute approximate surface area is 344 Å². The van der Waals surface area contributed by atoms with Crippen LogP contribution in [0.4, 0.5) is 0 Å². The van der Waals surface area contributed by atoms with E-state index in [1.165, 1.54) is 0 Å². The highest BCUT2D eigenvalue weighted by Gasteiger charge is 2.66. The number of nitrogens with one attached hydrogen (secondary N) is 3. The number of carbonyl (C=O) groups is 6. The Hall–Kier alpha value is -4.08. The van der Waals surface area contributed by atoms with Crippen molar-refractivity contribution >= 4 is 47.0 Å². The SMILES string of the molecule is C[C@H](CCC(=O)NCCCNCCCNC(=O)CCC(=O)N(CCCN=C(N)N)CCCN=C(N)N)[C@H]1CC[C@H]2[C@@H]3C(=O)C[C@@H]4CC(=O)CC[C@]4(C)[C@H]3CC(=O)[C@]12C. The summed E-state index contributed by atoms with van der Waals surface area (Å²) in [6.07, 6.45) is 8.48. The van der Waals surface area contributed by atoms with E-state index in [1.54, 1.807) is 4.90 Å². The molecule has 0 saturated heterocycles. The molecule has 3 amide bonds. The molecular formula is C42H72N10O6. The minimum atomic E-state index is -0.537. The number of aliphatic imine (C=N–C) groups is 2. The topological polar surface area (TPSA) is 271 Å². The first-order valence-electron chi connectivity index (χ1n) is 21.8. The lowest BCUT2D eigenvalue weighted by Crippen LogP contribution is -2.60. The molecule has 11 N–H and O–H groups in total. The van der Waals surface area contributed by atoms with Crippen molar-refractivity contribution in [1.82, 2.24) is 20.9 Å². The number of rotatable bonds is 23. The quantitative estimate of drug-likeness (QED) is 0.0442. The normalized spacial score (nSPS) is 28.1. The van der Waals surface area contributed by atoms with E-state index in [9.17, 15) is 28.8 Å². The third-order valence-electron chi connectivity index (χ3n) is 14.1. The average Bonchev–Trinajstić information content (AvgIpc) is 3.53. The highest BCUT2D eigenvalue weighted by atomic mass is 16.2. The number of amides is 3. The number of nitrogens with two attached hydrogens (primary N) is 4. The van der Waals surface area contributed by atoms with Gasteiger partial charge in [0, 0.05) is 95.5 Å². The van der Waals surface area contributed by atoms with E-state index in [2.05, 4.69) is 46.7 Å². The van der Waals surface area contributed by atoms with Crippen LogP contribution >= 0.6 is 0 Å². The Kier molecular flexibility index (Phi) is 17.5. The number of carbonyl (C=O) groups excluding carboxylic acids is 6. The van der Waals surface area contributed by atoms with Gasteiger partial charge in [-0.05, 0) is 99.5 Å². The van der Waals surface area contributed by atoms with E-state index in [-0.39, 0.29) is 101 Å². The number of nitrogens with zero attached hydrogens (tertiary/aromatic N) is 3. The van der Waals surface area contributed by atoms with E-state index < -0.39 is 5.41 Å². The Morgan fingerprint density at radius 2 is 1.38 bits per heavy atom. The molecule has 16 heteroatoms. The van der Waals surface area contributed by atoms with Gasteiger partial charge >= 0.3 is 0 Å². The molecule has 16 nitrogen and oxygen atoms in total. The Morgan fingerprint density at radius 3 is 1.98 bits per heavy atom. The van der Waals surface area contributed by atoms with E-state index in [0.29, 0.717) is 97.2 Å². The molecule has 4 saturated carbocycles. The van der Waals surface area contributed by atoms with Crippen LogP contribution in [0.25, 0.3) is 0 Å². The van der Waals surface area contributed by atoms with Gasteiger partial charge in [0.1, 0.15) is 17.3 Å². The predicted octanol–water partition coefficient (Wildman–Crippen LogP) is 1.53. The molecule has 0 spiro atoms. The number of Topliss-reactive ketones (excluding diaryl/α,β-unsaturated/α-hetero) is 3. The highest BCUT2D eigenvalue weighted by molar-refractivity contribution is 5.93. The second kappa shape index (κ2) is 21.8. The Bertz CT molecular complexity index is 1500. The van der Waals surface area contributed by atoms with E-state index in [1.807, 2.05) is 0 Å². The number of hydrogen-bond acceptors (Lipinski definition) is 9. The Morgan fingerprint density at radius 1 is 0.776 bits per heavy atom. The van der Waals surface area contributed by atoms with Crippen molar-refractivity contribution in [2.45, 2.75) is 117 Å². The molecule has 0 aliphatic heterocycles. The summed E-state index contributed by atoms with van der Waals surface area (Å²) in [6, 6.07) is 0. The third-order valence-corrected chi connectivity index (χ3v) is 14.1. The van der Waals surface area contributed by atoms with Crippen LogP contribution in [0.15, 0.2) is 9.98 Å². The van der Waals surface area contributed by atoms with Crippen molar-refractivity contribution in [3.63, 3.8) is 0 Å². The van der Waals surface area contributed by atoms with Crippen LogP contribution in [0.2, 0.25) is 0 Å². The van der Waals surface area contributed by atoms with Gasteiger partial charge in [-0.2, -0.15) is 0 Å². The first kappa shape index (κ1) is 46.6. The van der Waals surface area contributed by atoms with Crippen LogP contribution in [-0.2, 0) is 28.8 Å². The second-order valence-electron chi connectivity index (χ2n) is 17.8. The third kappa shape index (κ3) is 12.2. The lowest BCUT2D eigenvalue weighted by atomic mass is 9.44. The van der Waals surface area contributed by atoms with Crippen LogP contribution in [0.1, 0.15) is 117 Å². The Balaban J connectivity index is 1.06. The maximum Gasteiger partial charge on any atom is 0.223 e. The minimum Gasteiger partial charge on any atom is -0.370 e. The fourth-order valence-electron chi connectivity index (χ4n) is 10.8. The van der Waals surface area contributed by atoms with E-state index in [0.717, 1.165) is 38.6 Å². The van der Waals surface area contributed by atoms with Gasteiger partial charge in [-0.3, -0.25) is 38.8 Å². The molecule has 0 aromatic heterocycles. The molecule has 0 aromatic carbocycles. The monoisotopic (exact) mass is 813 g/mol. The smallest absolute Gasteiger partial charge is 0.223 e. The molecule has 4 rings (SSSR count). The second-order valence-corrected chi connectivity index (χ2v) is 17.8. The van der Waals surface area contributed by atoms with Gasteiger partial charge in [0.15, 0.2) is 11.9 Å².